The smallest absolute Gasteiger partial charge is 0.106 e. The Balaban J connectivity index is 2.62. The van der Waals surface area contributed by atoms with Gasteiger partial charge in [-0.25, -0.2) is 4.98 Å². The highest BCUT2D eigenvalue weighted by molar-refractivity contribution is 9.10. The number of aromatic nitrogens is 1. The fraction of sp³-hybridized carbons (Fsp3) is 0.375. The van der Waals surface area contributed by atoms with Crippen LogP contribution in [-0.2, 0) is 0 Å². The lowest BCUT2D eigenvalue weighted by Gasteiger charge is -1.95. The molecule has 0 N–H and O–H groups in total. The Hall–Kier alpha value is -0.370. The fourth-order valence-corrected chi connectivity index (χ4v) is 1.19. The SMILES string of the molecule is [2H]c1nc(Br)c([2H])c(C2CC2)c1[2H]. The standard InChI is InChI=1S/C8H8BrN/c9-8-5-7(3-4-10-8)6-1-2-6/h3-6H,1-2H2/i3D,4D,5D. The Bertz CT molecular complexity index is 337. The monoisotopic (exact) mass is 200 g/mol. The highest BCUT2D eigenvalue weighted by Crippen LogP contribution is 2.40. The summed E-state index contributed by atoms with van der Waals surface area (Å²) in [5.41, 5.74) is 0.687. The van der Waals surface area contributed by atoms with E-state index in [9.17, 15) is 0 Å². The molecular weight excluding hydrogens is 190 g/mol. The molecule has 1 fully saturated rings. The first-order chi connectivity index (χ1) is 6.11. The van der Waals surface area contributed by atoms with Crippen molar-refractivity contribution in [2.24, 2.45) is 0 Å². The van der Waals surface area contributed by atoms with Gasteiger partial charge in [0.25, 0.3) is 0 Å². The van der Waals surface area contributed by atoms with E-state index in [1.807, 2.05) is 0 Å². The molecule has 1 saturated carbocycles. The van der Waals surface area contributed by atoms with E-state index in [1.54, 1.807) is 0 Å². The maximum Gasteiger partial charge on any atom is 0.106 e. The number of nitrogens with zero attached hydrogens (tertiary/aromatic N) is 1. The first-order valence-corrected chi connectivity index (χ1v) is 4.03. The van der Waals surface area contributed by atoms with E-state index in [1.165, 1.54) is 0 Å². The average Bonchev–Trinajstić information content (AvgIpc) is 2.85. The molecule has 0 saturated heterocycles. The zero-order valence-corrected chi connectivity index (χ0v) is 6.90. The molecule has 1 aliphatic carbocycles. The summed E-state index contributed by atoms with van der Waals surface area (Å²) in [5.74, 6) is 0.323. The predicted octanol–water partition coefficient (Wildman–Crippen LogP) is 2.72. The van der Waals surface area contributed by atoms with E-state index in [4.69, 9.17) is 4.11 Å². The van der Waals surface area contributed by atoms with Gasteiger partial charge in [0, 0.05) is 6.17 Å². The van der Waals surface area contributed by atoms with E-state index >= 15 is 0 Å². The molecule has 0 radical (unpaired) electrons. The Labute approximate surface area is 72.8 Å². The minimum absolute atomic E-state index is 0.0372. The maximum absolute atomic E-state index is 7.69. The molecule has 0 aromatic carbocycles. The van der Waals surface area contributed by atoms with Crippen molar-refractivity contribution in [3.05, 3.63) is 28.4 Å². The highest BCUT2D eigenvalue weighted by atomic mass is 79.9. The maximum atomic E-state index is 7.69. The normalized spacial score (nSPS) is 21.5. The second-order valence-corrected chi connectivity index (χ2v) is 3.20. The lowest BCUT2D eigenvalue weighted by molar-refractivity contribution is 1.10. The third-order valence-electron chi connectivity index (χ3n) is 1.57. The fourth-order valence-electron chi connectivity index (χ4n) is 0.884. The van der Waals surface area contributed by atoms with Crippen LogP contribution in [0, 0.1) is 0 Å². The predicted molar refractivity (Wildman–Crippen MR) is 43.9 cm³/mol. The minimum Gasteiger partial charge on any atom is -0.249 e. The second-order valence-electron chi connectivity index (χ2n) is 2.45. The summed E-state index contributed by atoms with van der Waals surface area (Å²) in [6, 6.07) is 0.402. The van der Waals surface area contributed by atoms with E-state index in [-0.39, 0.29) is 18.3 Å². The van der Waals surface area contributed by atoms with Crippen LogP contribution in [0.2, 0.25) is 0 Å². The summed E-state index contributed by atoms with van der Waals surface area (Å²) in [5, 5.41) is 0. The summed E-state index contributed by atoms with van der Waals surface area (Å²) in [4.78, 5) is 3.75. The molecule has 0 amide bonds. The number of hydrogen-bond acceptors (Lipinski definition) is 1. The Morgan fingerprint density at radius 3 is 3.20 bits per heavy atom. The molecule has 52 valence electrons. The molecule has 0 bridgehead atoms. The number of rotatable bonds is 1. The molecule has 1 aliphatic rings. The van der Waals surface area contributed by atoms with Crippen LogP contribution < -0.4 is 0 Å². The molecule has 1 aromatic rings. The van der Waals surface area contributed by atoms with Crippen LogP contribution in [0.4, 0.5) is 0 Å². The third kappa shape index (κ3) is 1.21. The van der Waals surface area contributed by atoms with Crippen molar-refractivity contribution in [1.29, 1.82) is 0 Å². The second kappa shape index (κ2) is 2.35. The van der Waals surface area contributed by atoms with Crippen LogP contribution in [0.1, 0.15) is 28.4 Å². The van der Waals surface area contributed by atoms with Crippen LogP contribution in [0.25, 0.3) is 0 Å². The van der Waals surface area contributed by atoms with Crippen molar-refractivity contribution in [3.63, 3.8) is 0 Å². The van der Waals surface area contributed by atoms with Gasteiger partial charge in [0.2, 0.25) is 0 Å². The van der Waals surface area contributed by atoms with Gasteiger partial charge in [-0.3, -0.25) is 0 Å². The zero-order valence-electron chi connectivity index (χ0n) is 8.32. The van der Waals surface area contributed by atoms with Crippen molar-refractivity contribution >= 4 is 15.9 Å². The molecule has 0 unspecified atom stereocenters. The first kappa shape index (κ1) is 3.86. The molecule has 1 nitrogen and oxygen atoms in total. The topological polar surface area (TPSA) is 12.9 Å². The quantitative estimate of drug-likeness (QED) is 0.636. The van der Waals surface area contributed by atoms with Crippen LogP contribution >= 0.6 is 15.9 Å². The van der Waals surface area contributed by atoms with E-state index < -0.39 is 0 Å². The van der Waals surface area contributed by atoms with Crippen molar-refractivity contribution < 1.29 is 4.11 Å². The molecule has 2 rings (SSSR count). The van der Waals surface area contributed by atoms with Gasteiger partial charge in [0.15, 0.2) is 0 Å². The number of halogens is 1. The van der Waals surface area contributed by atoms with Crippen LogP contribution in [0.15, 0.2) is 22.9 Å². The van der Waals surface area contributed by atoms with Gasteiger partial charge in [-0.1, -0.05) is 0 Å². The Kier molecular flexibility index (Phi) is 0.906. The molecule has 1 aromatic heterocycles. The Morgan fingerprint density at radius 1 is 1.70 bits per heavy atom. The molecule has 0 spiro atoms. The summed E-state index contributed by atoms with van der Waals surface area (Å²) in [7, 11) is 0. The zero-order chi connectivity index (χ0) is 9.59. The average molecular weight is 201 g/mol. The molecular formula is C8H8BrN. The van der Waals surface area contributed by atoms with Gasteiger partial charge in [-0.15, -0.1) is 0 Å². The van der Waals surface area contributed by atoms with Gasteiger partial charge in [-0.05, 0) is 52.3 Å². The van der Waals surface area contributed by atoms with Gasteiger partial charge >= 0.3 is 0 Å². The van der Waals surface area contributed by atoms with E-state index in [2.05, 4.69) is 20.9 Å². The first-order valence-electron chi connectivity index (χ1n) is 4.74. The third-order valence-corrected chi connectivity index (χ3v) is 1.94. The molecule has 0 aliphatic heterocycles. The van der Waals surface area contributed by atoms with Gasteiger partial charge in [0.05, 0.1) is 4.11 Å². The van der Waals surface area contributed by atoms with Gasteiger partial charge in [0.1, 0.15) is 4.60 Å². The van der Waals surface area contributed by atoms with Crippen LogP contribution in [0.3, 0.4) is 0 Å². The van der Waals surface area contributed by atoms with Crippen LogP contribution in [-0.4, -0.2) is 4.98 Å². The summed E-state index contributed by atoms with van der Waals surface area (Å²) in [6.07, 6.45) is 2.03. The summed E-state index contributed by atoms with van der Waals surface area (Å²) >= 11 is 3.13. The van der Waals surface area contributed by atoms with Gasteiger partial charge < -0.3 is 0 Å². The molecule has 2 heteroatoms. The Morgan fingerprint density at radius 2 is 2.50 bits per heavy atom. The number of pyridine rings is 1. The highest BCUT2D eigenvalue weighted by Gasteiger charge is 2.23. The van der Waals surface area contributed by atoms with Crippen molar-refractivity contribution in [3.8, 4) is 0 Å². The summed E-state index contributed by atoms with van der Waals surface area (Å²) in [6.45, 7) is 0. The van der Waals surface area contributed by atoms with E-state index in [0.717, 1.165) is 12.8 Å². The number of hydrogen-bond donors (Lipinski definition) is 0. The minimum atomic E-state index is -0.0372. The van der Waals surface area contributed by atoms with Crippen molar-refractivity contribution in [2.75, 3.05) is 0 Å². The lowest BCUT2D eigenvalue weighted by Crippen LogP contribution is -1.80. The van der Waals surface area contributed by atoms with Gasteiger partial charge in [-0.2, -0.15) is 0 Å². The molecule has 10 heavy (non-hydrogen) atoms. The summed E-state index contributed by atoms with van der Waals surface area (Å²) < 4.78 is 23.1. The van der Waals surface area contributed by atoms with Crippen molar-refractivity contribution in [1.82, 2.24) is 4.98 Å². The van der Waals surface area contributed by atoms with Crippen molar-refractivity contribution in [2.45, 2.75) is 18.8 Å². The molecule has 0 atom stereocenters. The largest absolute Gasteiger partial charge is 0.249 e. The van der Waals surface area contributed by atoms with E-state index in [0.29, 0.717) is 16.1 Å². The molecule has 1 heterocycles. The lowest BCUT2D eigenvalue weighted by atomic mass is 10.2. The van der Waals surface area contributed by atoms with Crippen LogP contribution in [0.5, 0.6) is 0 Å².